The number of H-pyrrole nitrogens is 1. The lowest BCUT2D eigenvalue weighted by atomic mass is 10.4. The molecule has 1 amide bonds. The SMILES string of the molecule is O=C(NCCc1nccs1)c1n[nH]c(C2CC2)n1. The van der Waals surface area contributed by atoms with Crippen molar-refractivity contribution in [1.82, 2.24) is 25.5 Å². The highest BCUT2D eigenvalue weighted by atomic mass is 32.1. The molecule has 0 atom stereocenters. The molecule has 0 unspecified atom stereocenters. The highest BCUT2D eigenvalue weighted by Gasteiger charge is 2.28. The van der Waals surface area contributed by atoms with Crippen molar-refractivity contribution in [1.29, 1.82) is 0 Å². The normalized spacial score (nSPS) is 14.7. The molecule has 2 N–H and O–H groups in total. The first-order valence-corrected chi connectivity index (χ1v) is 6.80. The average Bonchev–Trinajstić information content (AvgIpc) is 2.92. The summed E-state index contributed by atoms with van der Waals surface area (Å²) in [6, 6.07) is 0. The molecule has 1 saturated carbocycles. The van der Waals surface area contributed by atoms with E-state index in [0.29, 0.717) is 12.5 Å². The second-order valence-electron chi connectivity index (χ2n) is 4.25. The maximum absolute atomic E-state index is 11.8. The molecule has 2 heterocycles. The number of nitrogens with one attached hydrogen (secondary N) is 2. The van der Waals surface area contributed by atoms with Gasteiger partial charge in [-0.25, -0.2) is 9.97 Å². The number of hydrogen-bond acceptors (Lipinski definition) is 5. The number of aromatic amines is 1. The van der Waals surface area contributed by atoms with Gasteiger partial charge in [0, 0.05) is 30.5 Å². The summed E-state index contributed by atoms with van der Waals surface area (Å²) < 4.78 is 0. The Bertz CT molecular complexity index is 531. The number of carbonyl (C=O) groups excluding carboxylic acids is 1. The van der Waals surface area contributed by atoms with E-state index >= 15 is 0 Å². The number of amides is 1. The molecule has 0 bridgehead atoms. The van der Waals surface area contributed by atoms with Crippen LogP contribution >= 0.6 is 11.3 Å². The second kappa shape index (κ2) is 4.85. The van der Waals surface area contributed by atoms with Crippen LogP contribution < -0.4 is 5.32 Å². The Labute approximate surface area is 108 Å². The third kappa shape index (κ3) is 2.56. The van der Waals surface area contributed by atoms with Crippen LogP contribution in [0, 0.1) is 0 Å². The van der Waals surface area contributed by atoms with Crippen molar-refractivity contribution < 1.29 is 4.79 Å². The Morgan fingerprint density at radius 1 is 1.56 bits per heavy atom. The van der Waals surface area contributed by atoms with Gasteiger partial charge in [-0.15, -0.1) is 16.4 Å². The zero-order chi connectivity index (χ0) is 12.4. The van der Waals surface area contributed by atoms with Crippen molar-refractivity contribution in [3.05, 3.63) is 28.2 Å². The van der Waals surface area contributed by atoms with Gasteiger partial charge in [0.1, 0.15) is 5.82 Å². The molecule has 0 aliphatic heterocycles. The number of hydrogen-bond donors (Lipinski definition) is 2. The van der Waals surface area contributed by atoms with Crippen LogP contribution in [0.5, 0.6) is 0 Å². The van der Waals surface area contributed by atoms with Crippen LogP contribution in [-0.2, 0) is 6.42 Å². The van der Waals surface area contributed by atoms with Gasteiger partial charge in [0.05, 0.1) is 5.01 Å². The van der Waals surface area contributed by atoms with E-state index in [4.69, 9.17) is 0 Å². The molecule has 18 heavy (non-hydrogen) atoms. The zero-order valence-corrected chi connectivity index (χ0v) is 10.5. The predicted molar refractivity (Wildman–Crippen MR) is 66.5 cm³/mol. The third-order valence-corrected chi connectivity index (χ3v) is 3.62. The summed E-state index contributed by atoms with van der Waals surface area (Å²) in [5, 5.41) is 12.5. The molecular weight excluding hydrogens is 250 g/mol. The van der Waals surface area contributed by atoms with Crippen LogP contribution in [0.3, 0.4) is 0 Å². The molecule has 6 nitrogen and oxygen atoms in total. The Balaban J connectivity index is 1.50. The van der Waals surface area contributed by atoms with Crippen LogP contribution in [0.25, 0.3) is 0 Å². The van der Waals surface area contributed by atoms with Crippen molar-refractivity contribution in [2.45, 2.75) is 25.2 Å². The molecule has 1 fully saturated rings. The van der Waals surface area contributed by atoms with Gasteiger partial charge in [0.15, 0.2) is 0 Å². The Hall–Kier alpha value is -1.76. The van der Waals surface area contributed by atoms with Gasteiger partial charge in [0.25, 0.3) is 5.91 Å². The fourth-order valence-electron chi connectivity index (χ4n) is 1.65. The van der Waals surface area contributed by atoms with E-state index in [-0.39, 0.29) is 11.7 Å². The standard InChI is InChI=1S/C11H13N5OS/c17-11(13-4-3-8-12-5-6-18-8)10-14-9(15-16-10)7-1-2-7/h5-7H,1-4H2,(H,13,17)(H,14,15,16). The predicted octanol–water partition coefficient (Wildman–Crippen LogP) is 1.11. The average molecular weight is 263 g/mol. The number of carbonyl (C=O) groups is 1. The summed E-state index contributed by atoms with van der Waals surface area (Å²) in [4.78, 5) is 20.1. The third-order valence-electron chi connectivity index (χ3n) is 2.78. The summed E-state index contributed by atoms with van der Waals surface area (Å²) in [6.45, 7) is 0.555. The number of aromatic nitrogens is 4. The molecule has 3 rings (SSSR count). The van der Waals surface area contributed by atoms with E-state index in [1.165, 1.54) is 0 Å². The summed E-state index contributed by atoms with van der Waals surface area (Å²) >= 11 is 1.59. The highest BCUT2D eigenvalue weighted by Crippen LogP contribution is 2.37. The topological polar surface area (TPSA) is 83.6 Å². The fourth-order valence-corrected chi connectivity index (χ4v) is 2.27. The van der Waals surface area contributed by atoms with Gasteiger partial charge >= 0.3 is 0 Å². The largest absolute Gasteiger partial charge is 0.349 e. The van der Waals surface area contributed by atoms with Crippen LogP contribution in [0.4, 0.5) is 0 Å². The Morgan fingerprint density at radius 2 is 2.44 bits per heavy atom. The van der Waals surface area contributed by atoms with Crippen LogP contribution in [0.2, 0.25) is 0 Å². The molecule has 1 aliphatic carbocycles. The minimum absolute atomic E-state index is 0.227. The quantitative estimate of drug-likeness (QED) is 0.846. The van der Waals surface area contributed by atoms with Crippen molar-refractivity contribution >= 4 is 17.2 Å². The van der Waals surface area contributed by atoms with Crippen LogP contribution in [0.1, 0.15) is 40.2 Å². The zero-order valence-electron chi connectivity index (χ0n) is 9.72. The van der Waals surface area contributed by atoms with Crippen LogP contribution in [-0.4, -0.2) is 32.6 Å². The minimum Gasteiger partial charge on any atom is -0.349 e. The minimum atomic E-state index is -0.227. The molecule has 94 valence electrons. The van der Waals surface area contributed by atoms with E-state index < -0.39 is 0 Å². The number of nitrogens with zero attached hydrogens (tertiary/aromatic N) is 3. The van der Waals surface area contributed by atoms with Gasteiger partial charge in [-0.05, 0) is 12.8 Å². The molecule has 0 spiro atoms. The lowest BCUT2D eigenvalue weighted by Gasteiger charge is -1.99. The second-order valence-corrected chi connectivity index (χ2v) is 5.23. The van der Waals surface area contributed by atoms with Gasteiger partial charge in [0.2, 0.25) is 5.82 Å². The molecule has 7 heteroatoms. The Kier molecular flexibility index (Phi) is 3.06. The van der Waals surface area contributed by atoms with E-state index in [0.717, 1.165) is 30.1 Å². The fraction of sp³-hybridized carbons (Fsp3) is 0.455. The Morgan fingerprint density at radius 3 is 3.17 bits per heavy atom. The maximum Gasteiger partial charge on any atom is 0.290 e. The summed E-state index contributed by atoms with van der Waals surface area (Å²) in [5.74, 6) is 1.32. The van der Waals surface area contributed by atoms with Gasteiger partial charge < -0.3 is 5.32 Å². The van der Waals surface area contributed by atoms with Crippen molar-refractivity contribution in [2.75, 3.05) is 6.54 Å². The number of rotatable bonds is 5. The monoisotopic (exact) mass is 263 g/mol. The van der Waals surface area contributed by atoms with E-state index in [2.05, 4.69) is 25.5 Å². The van der Waals surface area contributed by atoms with Gasteiger partial charge in [-0.1, -0.05) is 0 Å². The first-order chi connectivity index (χ1) is 8.83. The van der Waals surface area contributed by atoms with E-state index in [1.54, 1.807) is 17.5 Å². The summed E-state index contributed by atoms with van der Waals surface area (Å²) in [7, 11) is 0. The van der Waals surface area contributed by atoms with Crippen molar-refractivity contribution in [3.63, 3.8) is 0 Å². The number of thiazole rings is 1. The van der Waals surface area contributed by atoms with Crippen molar-refractivity contribution in [2.24, 2.45) is 0 Å². The smallest absolute Gasteiger partial charge is 0.290 e. The van der Waals surface area contributed by atoms with E-state index in [1.807, 2.05) is 5.38 Å². The molecule has 0 saturated heterocycles. The molecule has 1 aliphatic rings. The van der Waals surface area contributed by atoms with Crippen molar-refractivity contribution in [3.8, 4) is 0 Å². The lowest BCUT2D eigenvalue weighted by Crippen LogP contribution is -2.26. The van der Waals surface area contributed by atoms with Crippen LogP contribution in [0.15, 0.2) is 11.6 Å². The summed E-state index contributed by atoms with van der Waals surface area (Å²) in [6.07, 6.45) is 4.78. The molecule has 0 radical (unpaired) electrons. The van der Waals surface area contributed by atoms with Gasteiger partial charge in [-0.3, -0.25) is 9.89 Å². The summed E-state index contributed by atoms with van der Waals surface area (Å²) in [5.41, 5.74) is 0. The first-order valence-electron chi connectivity index (χ1n) is 5.92. The first kappa shape index (κ1) is 11.3. The molecular formula is C11H13N5OS. The molecule has 2 aromatic rings. The molecule has 0 aromatic carbocycles. The van der Waals surface area contributed by atoms with E-state index in [9.17, 15) is 4.79 Å². The molecule has 2 aromatic heterocycles. The maximum atomic E-state index is 11.8. The lowest BCUT2D eigenvalue weighted by molar-refractivity contribution is 0.0944. The van der Waals surface area contributed by atoms with Gasteiger partial charge in [-0.2, -0.15) is 0 Å². The highest BCUT2D eigenvalue weighted by molar-refractivity contribution is 7.09.